The normalized spacial score (nSPS) is 24.1. The molecular formula is C33H39F5O2. The molecule has 0 atom stereocenters. The Morgan fingerprint density at radius 2 is 1.50 bits per heavy atom. The van der Waals surface area contributed by atoms with Crippen molar-refractivity contribution >= 4 is 5.97 Å². The number of carbonyl (C=O) groups excluding carboxylic acids is 1. The van der Waals surface area contributed by atoms with E-state index in [1.165, 1.54) is 69.1 Å². The van der Waals surface area contributed by atoms with Crippen molar-refractivity contribution in [2.24, 2.45) is 17.8 Å². The number of benzene rings is 2. The molecule has 2 nitrogen and oxygen atoms in total. The van der Waals surface area contributed by atoms with Gasteiger partial charge in [-0.05, 0) is 92.0 Å². The zero-order chi connectivity index (χ0) is 28.7. The van der Waals surface area contributed by atoms with Gasteiger partial charge >= 0.3 is 12.1 Å². The van der Waals surface area contributed by atoms with Gasteiger partial charge in [0.2, 0.25) is 0 Å². The zero-order valence-corrected chi connectivity index (χ0v) is 23.1. The van der Waals surface area contributed by atoms with Crippen LogP contribution in [-0.4, -0.2) is 12.1 Å². The maximum atomic E-state index is 14.9. The molecule has 0 heterocycles. The first-order valence-corrected chi connectivity index (χ1v) is 14.7. The van der Waals surface area contributed by atoms with E-state index in [-0.39, 0.29) is 37.5 Å². The third-order valence-electron chi connectivity index (χ3n) is 8.67. The second-order valence-electron chi connectivity index (χ2n) is 11.5. The summed E-state index contributed by atoms with van der Waals surface area (Å²) in [6.45, 7) is 2.24. The van der Waals surface area contributed by atoms with Gasteiger partial charge in [0.05, 0.1) is 12.0 Å². The summed E-state index contributed by atoms with van der Waals surface area (Å²) in [6, 6.07) is 12.7. The lowest BCUT2D eigenvalue weighted by Crippen LogP contribution is -2.26. The number of carbonyl (C=O) groups is 1. The maximum absolute atomic E-state index is 14.9. The van der Waals surface area contributed by atoms with Crippen molar-refractivity contribution in [3.05, 3.63) is 65.7 Å². The molecule has 0 amide bonds. The molecule has 2 fully saturated rings. The topological polar surface area (TPSA) is 26.3 Å². The Morgan fingerprint density at radius 1 is 0.875 bits per heavy atom. The van der Waals surface area contributed by atoms with Gasteiger partial charge in [0.25, 0.3) is 0 Å². The highest BCUT2D eigenvalue weighted by Crippen LogP contribution is 2.39. The van der Waals surface area contributed by atoms with E-state index < -0.39 is 35.6 Å². The molecule has 0 aromatic heterocycles. The fourth-order valence-corrected chi connectivity index (χ4v) is 6.25. The van der Waals surface area contributed by atoms with Gasteiger partial charge in [0.1, 0.15) is 5.83 Å². The molecule has 0 N–H and O–H groups in total. The number of halogens is 5. The summed E-state index contributed by atoms with van der Waals surface area (Å²) in [5.41, 5.74) is 2.88. The van der Waals surface area contributed by atoms with E-state index in [0.29, 0.717) is 11.5 Å². The third-order valence-corrected chi connectivity index (χ3v) is 8.67. The van der Waals surface area contributed by atoms with Gasteiger partial charge in [0.15, 0.2) is 11.6 Å². The van der Waals surface area contributed by atoms with Gasteiger partial charge in [0, 0.05) is 5.92 Å². The SMILES string of the molecule is CCCCCC1CCC(c2ccc(-c3ccc(OC(=O)C4CCC(/C(F)=C/C(F)(F)F)CC4)c(F)c3)cc2)CC1. The minimum atomic E-state index is -4.71. The van der Waals surface area contributed by atoms with Gasteiger partial charge in [-0.1, -0.05) is 62.9 Å². The predicted molar refractivity (Wildman–Crippen MR) is 147 cm³/mol. The van der Waals surface area contributed by atoms with Crippen molar-refractivity contribution in [3.8, 4) is 16.9 Å². The lowest BCUT2D eigenvalue weighted by molar-refractivity contribution is -0.140. The standard InChI is InChI=1S/C33H39F5O2/c1-2-3-4-5-22-6-8-23(9-7-22)24-10-12-25(13-11-24)28-18-19-31(29(34)20-28)40-32(39)27-16-14-26(15-17-27)30(35)21-33(36,37)38/h10-13,18-23,26-27H,2-9,14-17H2,1H3/b30-21-. The molecule has 7 heteroatoms. The van der Waals surface area contributed by atoms with Crippen LogP contribution in [0.1, 0.15) is 95.5 Å². The van der Waals surface area contributed by atoms with E-state index in [2.05, 4.69) is 19.1 Å². The van der Waals surface area contributed by atoms with E-state index in [4.69, 9.17) is 4.74 Å². The summed E-state index contributed by atoms with van der Waals surface area (Å²) >= 11 is 0. The molecule has 0 aliphatic heterocycles. The molecule has 2 saturated carbocycles. The summed E-state index contributed by atoms with van der Waals surface area (Å²) in [5.74, 6) is -2.74. The predicted octanol–water partition coefficient (Wildman–Crippen LogP) is 10.5. The van der Waals surface area contributed by atoms with E-state index in [1.54, 1.807) is 6.07 Å². The second-order valence-corrected chi connectivity index (χ2v) is 11.5. The number of rotatable bonds is 9. The van der Waals surface area contributed by atoms with Gasteiger partial charge in [-0.3, -0.25) is 4.79 Å². The number of hydrogen-bond acceptors (Lipinski definition) is 2. The van der Waals surface area contributed by atoms with Crippen LogP contribution in [-0.2, 0) is 4.79 Å². The van der Waals surface area contributed by atoms with Gasteiger partial charge in [-0.15, -0.1) is 0 Å². The third kappa shape index (κ3) is 8.40. The molecule has 0 bridgehead atoms. The maximum Gasteiger partial charge on any atom is 0.412 e. The second kappa shape index (κ2) is 13.8. The zero-order valence-electron chi connectivity index (χ0n) is 23.1. The van der Waals surface area contributed by atoms with Crippen molar-refractivity contribution in [3.63, 3.8) is 0 Å². The molecular weight excluding hydrogens is 523 g/mol. The van der Waals surface area contributed by atoms with E-state index in [1.807, 2.05) is 12.1 Å². The molecule has 0 radical (unpaired) electrons. The van der Waals surface area contributed by atoms with Crippen LogP contribution in [0.15, 0.2) is 54.4 Å². The number of unbranched alkanes of at least 4 members (excludes halogenated alkanes) is 2. The van der Waals surface area contributed by atoms with Crippen molar-refractivity contribution in [1.82, 2.24) is 0 Å². The largest absolute Gasteiger partial charge is 0.423 e. The molecule has 0 saturated heterocycles. The Hall–Kier alpha value is -2.70. The molecule has 2 aliphatic carbocycles. The van der Waals surface area contributed by atoms with Crippen LogP contribution in [0.4, 0.5) is 22.0 Å². The molecule has 0 unspecified atom stereocenters. The average molecular weight is 563 g/mol. The average Bonchev–Trinajstić information content (AvgIpc) is 2.94. The molecule has 4 rings (SSSR count). The number of ether oxygens (including phenoxy) is 1. The highest BCUT2D eigenvalue weighted by Gasteiger charge is 2.33. The van der Waals surface area contributed by atoms with Crippen LogP contribution < -0.4 is 4.74 Å². The minimum absolute atomic E-state index is 0.107. The molecule has 218 valence electrons. The van der Waals surface area contributed by atoms with Crippen LogP contribution in [0.5, 0.6) is 5.75 Å². The number of hydrogen-bond donors (Lipinski definition) is 0. The van der Waals surface area contributed by atoms with Crippen LogP contribution in [0.25, 0.3) is 11.1 Å². The Morgan fingerprint density at radius 3 is 2.10 bits per heavy atom. The number of esters is 1. The fourth-order valence-electron chi connectivity index (χ4n) is 6.25. The number of alkyl halides is 3. The molecule has 2 aromatic carbocycles. The first-order chi connectivity index (χ1) is 19.1. The first-order valence-electron chi connectivity index (χ1n) is 14.7. The highest BCUT2D eigenvalue weighted by molar-refractivity contribution is 5.76. The summed E-state index contributed by atoms with van der Waals surface area (Å²) < 4.78 is 71.2. The summed E-state index contributed by atoms with van der Waals surface area (Å²) in [7, 11) is 0. The monoisotopic (exact) mass is 562 g/mol. The van der Waals surface area contributed by atoms with Crippen molar-refractivity contribution in [2.75, 3.05) is 0 Å². The van der Waals surface area contributed by atoms with E-state index in [0.717, 1.165) is 11.5 Å². The number of allylic oxidation sites excluding steroid dienone is 2. The van der Waals surface area contributed by atoms with Gasteiger partial charge < -0.3 is 4.74 Å². The van der Waals surface area contributed by atoms with E-state index >= 15 is 0 Å². The van der Waals surface area contributed by atoms with Gasteiger partial charge in [-0.25, -0.2) is 8.78 Å². The Kier molecular flexibility index (Phi) is 10.4. The fraction of sp³-hybridized carbons (Fsp3) is 0.545. The molecule has 40 heavy (non-hydrogen) atoms. The van der Waals surface area contributed by atoms with Crippen molar-refractivity contribution < 1.29 is 31.5 Å². The molecule has 2 aromatic rings. The molecule has 2 aliphatic rings. The van der Waals surface area contributed by atoms with Crippen LogP contribution in [0, 0.1) is 23.6 Å². The highest BCUT2D eigenvalue weighted by atomic mass is 19.4. The van der Waals surface area contributed by atoms with Crippen LogP contribution in [0.3, 0.4) is 0 Å². The van der Waals surface area contributed by atoms with Gasteiger partial charge in [-0.2, -0.15) is 13.2 Å². The Balaban J connectivity index is 1.29. The smallest absolute Gasteiger partial charge is 0.412 e. The summed E-state index contributed by atoms with van der Waals surface area (Å²) in [4.78, 5) is 12.6. The van der Waals surface area contributed by atoms with E-state index in [9.17, 15) is 26.7 Å². The summed E-state index contributed by atoms with van der Waals surface area (Å²) in [5, 5.41) is 0. The first kappa shape index (κ1) is 30.3. The van der Waals surface area contributed by atoms with Crippen LogP contribution >= 0.6 is 0 Å². The lowest BCUT2D eigenvalue weighted by atomic mass is 9.77. The summed E-state index contributed by atoms with van der Waals surface area (Å²) in [6.07, 6.45) is 5.84. The quantitative estimate of drug-likeness (QED) is 0.132. The van der Waals surface area contributed by atoms with Crippen molar-refractivity contribution in [2.45, 2.75) is 96.1 Å². The minimum Gasteiger partial charge on any atom is -0.423 e. The lowest BCUT2D eigenvalue weighted by Gasteiger charge is -2.29. The van der Waals surface area contributed by atoms with Crippen LogP contribution in [0.2, 0.25) is 0 Å². The molecule has 0 spiro atoms. The van der Waals surface area contributed by atoms with Crippen molar-refractivity contribution in [1.29, 1.82) is 0 Å². The Bertz CT molecular complexity index is 1140. The Labute approximate surface area is 234 Å².